The molecule has 0 spiro atoms. The van der Waals surface area contributed by atoms with Crippen LogP contribution in [-0.4, -0.2) is 97.7 Å². The Kier molecular flexibility index (Phi) is 13.8. The number of halogens is 1. The van der Waals surface area contributed by atoms with Crippen LogP contribution >= 0.6 is 15.9 Å². The van der Waals surface area contributed by atoms with Crippen molar-refractivity contribution in [2.24, 2.45) is 11.8 Å². The van der Waals surface area contributed by atoms with E-state index < -0.39 is 24.3 Å². The van der Waals surface area contributed by atoms with Gasteiger partial charge in [0.05, 0.1) is 49.6 Å². The Morgan fingerprint density at radius 3 is 1.62 bits per heavy atom. The second kappa shape index (κ2) is 20.1. The van der Waals surface area contributed by atoms with Crippen molar-refractivity contribution in [3.05, 3.63) is 113 Å². The van der Waals surface area contributed by atoms with Crippen LogP contribution < -0.4 is 10.6 Å². The molecule has 3 aromatic carbocycles. The predicted octanol–water partition coefficient (Wildman–Crippen LogP) is 10.3. The number of aromatic nitrogens is 5. The second-order valence-corrected chi connectivity index (χ2v) is 19.8. The van der Waals surface area contributed by atoms with Crippen LogP contribution in [0.2, 0.25) is 0 Å². The van der Waals surface area contributed by atoms with Crippen LogP contribution in [0, 0.1) is 11.8 Å². The molecule has 4 unspecified atom stereocenters. The van der Waals surface area contributed by atoms with Gasteiger partial charge in [-0.05, 0) is 119 Å². The summed E-state index contributed by atoms with van der Waals surface area (Å²) in [4.78, 5) is 72.1. The third-order valence-electron chi connectivity index (χ3n) is 13.8. The van der Waals surface area contributed by atoms with E-state index >= 15 is 0 Å². The Morgan fingerprint density at radius 1 is 0.638 bits per heavy atom. The van der Waals surface area contributed by atoms with Crippen molar-refractivity contribution in [3.63, 3.8) is 0 Å². The molecule has 3 fully saturated rings. The van der Waals surface area contributed by atoms with Gasteiger partial charge in [0.1, 0.15) is 34.0 Å². The van der Waals surface area contributed by atoms with Gasteiger partial charge in [-0.15, -0.1) is 0 Å². The monoisotopic (exact) mass is 997 g/mol. The fourth-order valence-electron chi connectivity index (χ4n) is 9.85. The number of methoxy groups -OCH3 is 2. The molecule has 6 aromatic rings. The lowest BCUT2D eigenvalue weighted by Crippen LogP contribution is -2.51. The zero-order valence-electron chi connectivity index (χ0n) is 39.9. The summed E-state index contributed by atoms with van der Waals surface area (Å²) < 4.78 is 12.7. The maximum absolute atomic E-state index is 13.8. The van der Waals surface area contributed by atoms with E-state index in [9.17, 15) is 19.2 Å². The smallest absolute Gasteiger partial charge is 0.407 e. The van der Waals surface area contributed by atoms with Gasteiger partial charge in [-0.25, -0.2) is 19.6 Å². The summed E-state index contributed by atoms with van der Waals surface area (Å²) in [7, 11) is 2.59. The summed E-state index contributed by atoms with van der Waals surface area (Å²) in [5, 5.41) is 5.45. The molecule has 9 rings (SSSR count). The fraction of sp³-hybridized carbons (Fsp3) is 0.396. The molecule has 0 bridgehead atoms. The highest BCUT2D eigenvalue weighted by Crippen LogP contribution is 2.42. The number of nitrogens with zero attached hydrogens (tertiary/aromatic N) is 5. The number of benzene rings is 3. The zero-order chi connectivity index (χ0) is 48.5. The number of alkyl carbamates (subject to hydrolysis) is 2. The largest absolute Gasteiger partial charge is 0.453 e. The van der Waals surface area contributed by atoms with Gasteiger partial charge in [0.2, 0.25) is 11.8 Å². The summed E-state index contributed by atoms with van der Waals surface area (Å²) in [5.74, 6) is 1.51. The van der Waals surface area contributed by atoms with E-state index in [1.165, 1.54) is 32.6 Å². The Labute approximate surface area is 410 Å². The quantitative estimate of drug-likeness (QED) is 0.0832. The third-order valence-corrected chi connectivity index (χ3v) is 14.4. The first-order chi connectivity index (χ1) is 33.3. The number of H-pyrrole nitrogens is 2. The SMILES string of the molecule is COC(=O)NC(C(=O)N1CCCC1c1ncc(-c2ccc(-c3ccc(-c4ccc(-c5nc(C6CCCN6C(=O)C(NC(=O)OC)C(C)C)[nH]c5Br)cc4)n3-c3ccc(C4CC4)cc3)cc2)[nH]1)C(C)C. The van der Waals surface area contributed by atoms with Gasteiger partial charge in [-0.3, -0.25) is 9.59 Å². The number of likely N-dealkylation sites (tertiary alicyclic amines) is 2. The number of carbonyl (C=O) groups excluding carboxylic acids is 4. The lowest BCUT2D eigenvalue weighted by molar-refractivity contribution is -0.136. The van der Waals surface area contributed by atoms with Crippen LogP contribution in [-0.2, 0) is 19.1 Å². The van der Waals surface area contributed by atoms with Crippen LogP contribution in [0.5, 0.6) is 0 Å². The molecule has 4 amide bonds. The lowest BCUT2D eigenvalue weighted by Gasteiger charge is -2.30. The number of ether oxygens (including phenoxy) is 2. The van der Waals surface area contributed by atoms with E-state index in [0.717, 1.165) is 86.8 Å². The predicted molar refractivity (Wildman–Crippen MR) is 267 cm³/mol. The third kappa shape index (κ3) is 9.81. The van der Waals surface area contributed by atoms with Gasteiger partial charge >= 0.3 is 12.2 Å². The Morgan fingerprint density at radius 2 is 1.13 bits per heavy atom. The molecule has 360 valence electrons. The number of rotatable bonds is 14. The molecule has 4 atom stereocenters. The number of hydrogen-bond acceptors (Lipinski definition) is 8. The van der Waals surface area contributed by atoms with Crippen LogP contribution in [0.25, 0.3) is 50.7 Å². The summed E-state index contributed by atoms with van der Waals surface area (Å²) in [5.41, 5.74) is 10.1. The molecule has 3 aromatic heterocycles. The number of aromatic amines is 2. The normalized spacial score (nSPS) is 17.9. The standard InChI is InChI=1S/C53H60BrN9O6/c1-30(2)44(58-52(66)68-5)50(64)61-27-7-9-42(61)48-55-29-39(56-48)34-13-15-35(16-14-34)40-25-26-41(63(40)38-23-21-33(22-24-38)32-11-12-32)36-17-19-37(20-18-36)46-47(54)60-49(57-46)43-10-8-28-62(43)51(65)45(31(3)4)59-53(67)69-6/h13-26,29-32,42-45H,7-12,27-28H2,1-6H3,(H,55,56)(H,57,60)(H,58,66)(H,59,67). The topological polar surface area (TPSA) is 180 Å². The van der Waals surface area contributed by atoms with E-state index in [4.69, 9.17) is 19.4 Å². The van der Waals surface area contributed by atoms with Crippen LogP contribution in [0.15, 0.2) is 95.7 Å². The van der Waals surface area contributed by atoms with Gasteiger partial charge in [-0.1, -0.05) is 88.4 Å². The second-order valence-electron chi connectivity index (χ2n) is 19.0. The van der Waals surface area contributed by atoms with E-state index in [-0.39, 0.29) is 35.7 Å². The fourth-order valence-corrected chi connectivity index (χ4v) is 10.4. The van der Waals surface area contributed by atoms with Crippen molar-refractivity contribution in [1.82, 2.24) is 44.9 Å². The Balaban J connectivity index is 0.963. The molecule has 5 heterocycles. The summed E-state index contributed by atoms with van der Waals surface area (Å²) in [6.45, 7) is 8.79. The molecule has 3 aliphatic rings. The van der Waals surface area contributed by atoms with Gasteiger partial charge in [0.25, 0.3) is 0 Å². The molecule has 1 aliphatic carbocycles. The zero-order valence-corrected chi connectivity index (χ0v) is 41.5. The minimum absolute atomic E-state index is 0.118. The molecular weight excluding hydrogens is 939 g/mol. The van der Waals surface area contributed by atoms with Gasteiger partial charge < -0.3 is 44.4 Å². The van der Waals surface area contributed by atoms with Crippen molar-refractivity contribution >= 4 is 39.9 Å². The molecular formula is C53H60BrN9O6. The summed E-state index contributed by atoms with van der Waals surface area (Å²) in [6.07, 6.45) is 6.22. The molecule has 2 aliphatic heterocycles. The first-order valence-corrected chi connectivity index (χ1v) is 24.8. The molecule has 2 saturated heterocycles. The molecule has 15 nitrogen and oxygen atoms in total. The molecule has 69 heavy (non-hydrogen) atoms. The molecule has 16 heteroatoms. The summed E-state index contributed by atoms with van der Waals surface area (Å²) >= 11 is 3.73. The highest BCUT2D eigenvalue weighted by atomic mass is 79.9. The average Bonchev–Trinajstić information content (AvgIpc) is 3.92. The molecule has 0 radical (unpaired) electrons. The van der Waals surface area contributed by atoms with Gasteiger partial charge in [0.15, 0.2) is 0 Å². The van der Waals surface area contributed by atoms with E-state index in [1.54, 1.807) is 0 Å². The van der Waals surface area contributed by atoms with Crippen molar-refractivity contribution in [2.75, 3.05) is 27.3 Å². The van der Waals surface area contributed by atoms with Crippen molar-refractivity contribution < 1.29 is 28.7 Å². The average molecular weight is 999 g/mol. The Bertz CT molecular complexity index is 2810. The Hall–Kier alpha value is -6.68. The molecule has 1 saturated carbocycles. The van der Waals surface area contributed by atoms with Gasteiger partial charge in [0, 0.05) is 24.3 Å². The highest BCUT2D eigenvalue weighted by molar-refractivity contribution is 9.10. The van der Waals surface area contributed by atoms with Crippen LogP contribution in [0.3, 0.4) is 0 Å². The number of imidazole rings is 2. The van der Waals surface area contributed by atoms with Crippen LogP contribution in [0.1, 0.15) is 101 Å². The maximum atomic E-state index is 13.8. The number of hydrogen-bond donors (Lipinski definition) is 4. The maximum Gasteiger partial charge on any atom is 0.407 e. The minimum atomic E-state index is -0.715. The number of nitrogens with one attached hydrogen (secondary N) is 4. The van der Waals surface area contributed by atoms with E-state index in [2.05, 4.69) is 126 Å². The molecule has 4 N–H and O–H groups in total. The van der Waals surface area contributed by atoms with Gasteiger partial charge in [-0.2, -0.15) is 0 Å². The number of amides is 4. The minimum Gasteiger partial charge on any atom is -0.453 e. The lowest BCUT2D eigenvalue weighted by atomic mass is 10.0. The van der Waals surface area contributed by atoms with Crippen molar-refractivity contribution in [3.8, 4) is 50.7 Å². The van der Waals surface area contributed by atoms with Crippen molar-refractivity contribution in [1.29, 1.82) is 0 Å². The van der Waals surface area contributed by atoms with E-state index in [0.29, 0.717) is 24.8 Å². The number of carbonyl (C=O) groups is 4. The first kappa shape index (κ1) is 47.4. The summed E-state index contributed by atoms with van der Waals surface area (Å²) in [6, 6.07) is 28.2. The van der Waals surface area contributed by atoms with Crippen molar-refractivity contribution in [2.45, 2.75) is 96.3 Å². The highest BCUT2D eigenvalue weighted by Gasteiger charge is 2.39. The van der Waals surface area contributed by atoms with Crippen LogP contribution in [0.4, 0.5) is 9.59 Å². The first-order valence-electron chi connectivity index (χ1n) is 24.0. The van der Waals surface area contributed by atoms with E-state index in [1.807, 2.05) is 43.7 Å².